The Hall–Kier alpha value is -1.66. The molecule has 0 aliphatic rings. The van der Waals surface area contributed by atoms with E-state index in [4.69, 9.17) is 27.4 Å². The number of methoxy groups -OCH3 is 2. The van der Waals surface area contributed by atoms with Gasteiger partial charge in [-0.05, 0) is 12.1 Å². The standard InChI is InChI=1S/C12H12N2O2S2/c1-15-9-5-3-4-7(10(9)16-2)12-14-8(6-18-12)11(13)17/h3-6H,1-2H3,(H2,13,17). The van der Waals surface area contributed by atoms with Gasteiger partial charge in [0.25, 0.3) is 0 Å². The fourth-order valence-electron chi connectivity index (χ4n) is 1.57. The molecule has 0 unspecified atom stereocenters. The number of hydrogen-bond acceptors (Lipinski definition) is 5. The van der Waals surface area contributed by atoms with E-state index in [-0.39, 0.29) is 0 Å². The molecule has 0 saturated heterocycles. The van der Waals surface area contributed by atoms with Crippen LogP contribution in [0.25, 0.3) is 10.6 Å². The van der Waals surface area contributed by atoms with Crippen molar-refractivity contribution < 1.29 is 9.47 Å². The summed E-state index contributed by atoms with van der Waals surface area (Å²) in [6.07, 6.45) is 0. The summed E-state index contributed by atoms with van der Waals surface area (Å²) in [4.78, 5) is 4.67. The minimum atomic E-state index is 0.291. The molecular weight excluding hydrogens is 268 g/mol. The lowest BCUT2D eigenvalue weighted by Gasteiger charge is -2.10. The van der Waals surface area contributed by atoms with Gasteiger partial charge >= 0.3 is 0 Å². The fraction of sp³-hybridized carbons (Fsp3) is 0.167. The molecule has 18 heavy (non-hydrogen) atoms. The van der Waals surface area contributed by atoms with Crippen LogP contribution in [0.15, 0.2) is 23.6 Å². The molecule has 0 amide bonds. The van der Waals surface area contributed by atoms with Crippen LogP contribution in [-0.4, -0.2) is 24.2 Å². The smallest absolute Gasteiger partial charge is 0.170 e. The number of ether oxygens (including phenoxy) is 2. The maximum atomic E-state index is 5.55. The lowest BCUT2D eigenvalue weighted by molar-refractivity contribution is 0.356. The number of benzene rings is 1. The average Bonchev–Trinajstić information content (AvgIpc) is 2.87. The fourth-order valence-corrected chi connectivity index (χ4v) is 2.59. The van der Waals surface area contributed by atoms with Crippen LogP contribution in [0.4, 0.5) is 0 Å². The molecule has 1 heterocycles. The van der Waals surface area contributed by atoms with Crippen molar-refractivity contribution in [3.63, 3.8) is 0 Å². The highest BCUT2D eigenvalue weighted by Gasteiger charge is 2.14. The SMILES string of the molecule is COc1cccc(-c2nc(C(N)=S)cs2)c1OC. The van der Waals surface area contributed by atoms with Gasteiger partial charge in [-0.25, -0.2) is 4.98 Å². The third kappa shape index (κ3) is 2.30. The molecule has 0 aliphatic heterocycles. The number of thiazole rings is 1. The Kier molecular flexibility index (Phi) is 3.78. The molecular formula is C12H12N2O2S2. The third-order valence-electron chi connectivity index (χ3n) is 2.39. The first-order valence-electron chi connectivity index (χ1n) is 5.14. The third-order valence-corrected chi connectivity index (χ3v) is 3.47. The second kappa shape index (κ2) is 5.32. The van der Waals surface area contributed by atoms with Gasteiger partial charge in [0.15, 0.2) is 11.5 Å². The van der Waals surface area contributed by atoms with Crippen LogP contribution >= 0.6 is 23.6 Å². The summed E-state index contributed by atoms with van der Waals surface area (Å²) in [5.74, 6) is 1.32. The van der Waals surface area contributed by atoms with Crippen molar-refractivity contribution in [2.45, 2.75) is 0 Å². The molecule has 4 nitrogen and oxygen atoms in total. The number of nitrogens with zero attached hydrogens (tertiary/aromatic N) is 1. The Morgan fingerprint density at radius 1 is 1.33 bits per heavy atom. The van der Waals surface area contributed by atoms with E-state index in [9.17, 15) is 0 Å². The van der Waals surface area contributed by atoms with Crippen LogP contribution in [-0.2, 0) is 0 Å². The Morgan fingerprint density at radius 3 is 2.67 bits per heavy atom. The van der Waals surface area contributed by atoms with Crippen LogP contribution in [0.5, 0.6) is 11.5 Å². The molecule has 2 aromatic rings. The predicted molar refractivity (Wildman–Crippen MR) is 76.5 cm³/mol. The summed E-state index contributed by atoms with van der Waals surface area (Å²) in [5, 5.41) is 2.63. The number of nitrogens with two attached hydrogens (primary N) is 1. The molecule has 0 aliphatic carbocycles. The monoisotopic (exact) mass is 280 g/mol. The molecule has 0 radical (unpaired) electrons. The molecule has 2 N–H and O–H groups in total. The lowest BCUT2D eigenvalue weighted by atomic mass is 10.2. The number of thiocarbonyl (C=S) groups is 1. The molecule has 0 spiro atoms. The first-order chi connectivity index (χ1) is 8.67. The second-order valence-corrected chi connectivity index (χ2v) is 4.74. The Morgan fingerprint density at radius 2 is 2.11 bits per heavy atom. The zero-order chi connectivity index (χ0) is 13.1. The maximum absolute atomic E-state index is 5.55. The molecule has 0 saturated carbocycles. The first kappa shape index (κ1) is 12.8. The molecule has 94 valence electrons. The van der Waals surface area contributed by atoms with Crippen molar-refractivity contribution >= 4 is 28.5 Å². The van der Waals surface area contributed by atoms with Crippen molar-refractivity contribution in [1.82, 2.24) is 4.98 Å². The zero-order valence-corrected chi connectivity index (χ0v) is 11.6. The summed E-state index contributed by atoms with van der Waals surface area (Å²) in [6.45, 7) is 0. The van der Waals surface area contributed by atoms with Crippen LogP contribution in [0.3, 0.4) is 0 Å². The lowest BCUT2D eigenvalue weighted by Crippen LogP contribution is -2.09. The summed E-state index contributed by atoms with van der Waals surface area (Å²) in [7, 11) is 3.20. The van der Waals surface area contributed by atoms with Gasteiger partial charge < -0.3 is 15.2 Å². The Labute approximate surface area is 114 Å². The van der Waals surface area contributed by atoms with Gasteiger partial charge in [-0.15, -0.1) is 11.3 Å². The normalized spacial score (nSPS) is 10.1. The van der Waals surface area contributed by atoms with E-state index in [0.717, 1.165) is 10.6 Å². The highest BCUT2D eigenvalue weighted by Crippen LogP contribution is 2.38. The van der Waals surface area contributed by atoms with Crippen LogP contribution in [0.2, 0.25) is 0 Å². The number of aromatic nitrogens is 1. The summed E-state index contributed by atoms with van der Waals surface area (Å²) in [5.41, 5.74) is 7.04. The van der Waals surface area contributed by atoms with Gasteiger partial charge in [-0.2, -0.15) is 0 Å². The molecule has 0 atom stereocenters. The van der Waals surface area contributed by atoms with E-state index < -0.39 is 0 Å². The zero-order valence-electron chi connectivity index (χ0n) is 9.97. The van der Waals surface area contributed by atoms with Gasteiger partial charge in [-0.3, -0.25) is 0 Å². The largest absolute Gasteiger partial charge is 0.493 e. The van der Waals surface area contributed by atoms with E-state index >= 15 is 0 Å². The Bertz CT molecular complexity index is 581. The van der Waals surface area contributed by atoms with Gasteiger partial charge in [0.1, 0.15) is 15.7 Å². The second-order valence-electron chi connectivity index (χ2n) is 3.44. The molecule has 1 aromatic heterocycles. The van der Waals surface area contributed by atoms with E-state index in [1.165, 1.54) is 11.3 Å². The van der Waals surface area contributed by atoms with E-state index in [2.05, 4.69) is 4.98 Å². The number of rotatable bonds is 4. The van der Waals surface area contributed by atoms with Crippen molar-refractivity contribution in [3.05, 3.63) is 29.3 Å². The Balaban J connectivity index is 2.52. The molecule has 0 fully saturated rings. The van der Waals surface area contributed by atoms with Gasteiger partial charge in [-0.1, -0.05) is 18.3 Å². The van der Waals surface area contributed by atoms with Crippen LogP contribution in [0.1, 0.15) is 5.69 Å². The summed E-state index contributed by atoms with van der Waals surface area (Å²) < 4.78 is 10.6. The van der Waals surface area contributed by atoms with E-state index in [1.54, 1.807) is 14.2 Å². The highest BCUT2D eigenvalue weighted by atomic mass is 32.1. The van der Waals surface area contributed by atoms with Gasteiger partial charge in [0.05, 0.1) is 19.8 Å². The topological polar surface area (TPSA) is 57.4 Å². The quantitative estimate of drug-likeness (QED) is 0.872. The first-order valence-corrected chi connectivity index (χ1v) is 6.43. The maximum Gasteiger partial charge on any atom is 0.170 e. The van der Waals surface area contributed by atoms with Crippen LogP contribution in [0, 0.1) is 0 Å². The number of hydrogen-bond donors (Lipinski definition) is 1. The van der Waals surface area contributed by atoms with E-state index in [1.807, 2.05) is 23.6 Å². The molecule has 1 aromatic carbocycles. The minimum Gasteiger partial charge on any atom is -0.493 e. The van der Waals surface area contributed by atoms with Gasteiger partial charge in [0.2, 0.25) is 0 Å². The molecule has 6 heteroatoms. The highest BCUT2D eigenvalue weighted by molar-refractivity contribution is 7.80. The van der Waals surface area contributed by atoms with E-state index in [0.29, 0.717) is 22.2 Å². The van der Waals surface area contributed by atoms with Crippen molar-refractivity contribution in [2.24, 2.45) is 5.73 Å². The van der Waals surface area contributed by atoms with Crippen LogP contribution < -0.4 is 15.2 Å². The van der Waals surface area contributed by atoms with Crippen molar-refractivity contribution in [2.75, 3.05) is 14.2 Å². The van der Waals surface area contributed by atoms with Gasteiger partial charge in [0, 0.05) is 5.38 Å². The minimum absolute atomic E-state index is 0.291. The van der Waals surface area contributed by atoms with Crippen molar-refractivity contribution in [3.8, 4) is 22.1 Å². The molecule has 2 rings (SSSR count). The summed E-state index contributed by atoms with van der Waals surface area (Å²) >= 11 is 6.37. The average molecular weight is 280 g/mol. The number of para-hydroxylation sites is 1. The summed E-state index contributed by atoms with van der Waals surface area (Å²) in [6, 6.07) is 5.65. The molecule has 0 bridgehead atoms. The van der Waals surface area contributed by atoms with Crippen molar-refractivity contribution in [1.29, 1.82) is 0 Å². The predicted octanol–water partition coefficient (Wildman–Crippen LogP) is 2.46.